The predicted octanol–water partition coefficient (Wildman–Crippen LogP) is 1.47. The highest BCUT2D eigenvalue weighted by atomic mass is 35.5. The van der Waals surface area contributed by atoms with Crippen LogP contribution in [0.1, 0.15) is 23.2 Å². The molecule has 7 nitrogen and oxygen atoms in total. The van der Waals surface area contributed by atoms with Crippen molar-refractivity contribution in [2.75, 3.05) is 19.7 Å². The number of nitriles is 2. The Hall–Kier alpha value is -2.77. The lowest BCUT2D eigenvalue weighted by atomic mass is 10.2. The van der Waals surface area contributed by atoms with Crippen molar-refractivity contribution in [3.63, 3.8) is 0 Å². The highest BCUT2D eigenvalue weighted by Gasteiger charge is 2.16. The molecule has 0 radical (unpaired) electrons. The van der Waals surface area contributed by atoms with Crippen LogP contribution in [0.2, 0.25) is 5.02 Å². The van der Waals surface area contributed by atoms with Crippen LogP contribution in [-0.2, 0) is 4.79 Å². The smallest absolute Gasteiger partial charge is 0.260 e. The fraction of sp³-hybridized carbons (Fsp3) is 0.333. The van der Waals surface area contributed by atoms with Crippen molar-refractivity contribution < 1.29 is 14.3 Å². The Balaban J connectivity index is 2.77. The number of hydrogen-bond acceptors (Lipinski definition) is 5. The highest BCUT2D eigenvalue weighted by Crippen LogP contribution is 2.23. The molecule has 0 unspecified atom stereocenters. The lowest BCUT2D eigenvalue weighted by Gasteiger charge is -2.20. The van der Waals surface area contributed by atoms with Crippen molar-refractivity contribution in [1.82, 2.24) is 4.90 Å². The molecule has 1 aromatic carbocycles. The third-order valence-electron chi connectivity index (χ3n) is 2.90. The van der Waals surface area contributed by atoms with Crippen LogP contribution < -0.4 is 10.5 Å². The number of hydrogen-bond donors (Lipinski definition) is 1. The molecule has 0 saturated heterocycles. The van der Waals surface area contributed by atoms with Crippen molar-refractivity contribution >= 4 is 23.4 Å². The van der Waals surface area contributed by atoms with Crippen molar-refractivity contribution in [2.24, 2.45) is 5.73 Å². The van der Waals surface area contributed by atoms with Gasteiger partial charge in [0.2, 0.25) is 0 Å². The summed E-state index contributed by atoms with van der Waals surface area (Å²) >= 11 is 5.84. The molecule has 2 amide bonds. The molecule has 0 aliphatic carbocycles. The van der Waals surface area contributed by atoms with E-state index in [2.05, 4.69) is 0 Å². The first-order valence-corrected chi connectivity index (χ1v) is 7.11. The van der Waals surface area contributed by atoms with Gasteiger partial charge in [-0.05, 0) is 18.2 Å². The zero-order chi connectivity index (χ0) is 17.2. The van der Waals surface area contributed by atoms with Crippen molar-refractivity contribution in [3.8, 4) is 17.9 Å². The normalized spacial score (nSPS) is 9.52. The van der Waals surface area contributed by atoms with Crippen molar-refractivity contribution in [1.29, 1.82) is 10.5 Å². The van der Waals surface area contributed by atoms with E-state index in [1.165, 1.54) is 23.1 Å². The molecule has 23 heavy (non-hydrogen) atoms. The molecule has 0 saturated carbocycles. The van der Waals surface area contributed by atoms with Gasteiger partial charge in [-0.15, -0.1) is 0 Å². The summed E-state index contributed by atoms with van der Waals surface area (Å²) in [5.41, 5.74) is 5.35. The third-order valence-corrected chi connectivity index (χ3v) is 3.14. The van der Waals surface area contributed by atoms with Gasteiger partial charge in [0.15, 0.2) is 6.61 Å². The van der Waals surface area contributed by atoms with Crippen LogP contribution in [0.25, 0.3) is 0 Å². The quantitative estimate of drug-likeness (QED) is 0.771. The maximum absolute atomic E-state index is 12.1. The van der Waals surface area contributed by atoms with Gasteiger partial charge in [0.05, 0.1) is 30.5 Å². The molecule has 0 atom stereocenters. The van der Waals surface area contributed by atoms with E-state index in [1.54, 1.807) is 0 Å². The number of amides is 2. The van der Waals surface area contributed by atoms with Gasteiger partial charge < -0.3 is 15.4 Å². The van der Waals surface area contributed by atoms with E-state index in [0.29, 0.717) is 5.02 Å². The van der Waals surface area contributed by atoms with E-state index in [0.717, 1.165) is 0 Å². The fourth-order valence-corrected chi connectivity index (χ4v) is 1.94. The number of carbonyl (C=O) groups is 2. The van der Waals surface area contributed by atoms with Crippen LogP contribution in [-0.4, -0.2) is 36.4 Å². The van der Waals surface area contributed by atoms with Crippen LogP contribution in [0.5, 0.6) is 5.75 Å². The van der Waals surface area contributed by atoms with Gasteiger partial charge in [-0.3, -0.25) is 9.59 Å². The van der Waals surface area contributed by atoms with E-state index >= 15 is 0 Å². The molecule has 0 aliphatic heterocycles. The summed E-state index contributed by atoms with van der Waals surface area (Å²) < 4.78 is 5.34. The van der Waals surface area contributed by atoms with Crippen LogP contribution in [0.4, 0.5) is 0 Å². The molecule has 8 heteroatoms. The van der Waals surface area contributed by atoms with Gasteiger partial charge in [0.1, 0.15) is 5.75 Å². The van der Waals surface area contributed by atoms with Crippen LogP contribution >= 0.6 is 11.6 Å². The number of primary amides is 1. The molecule has 0 fully saturated rings. The zero-order valence-electron chi connectivity index (χ0n) is 12.3. The number of nitrogens with two attached hydrogens (primary N) is 1. The molecular formula is C15H15ClN4O3. The van der Waals surface area contributed by atoms with Gasteiger partial charge >= 0.3 is 0 Å². The number of nitrogens with zero attached hydrogens (tertiary/aromatic N) is 3. The highest BCUT2D eigenvalue weighted by molar-refractivity contribution is 6.30. The lowest BCUT2D eigenvalue weighted by molar-refractivity contribution is -0.133. The Morgan fingerprint density at radius 1 is 1.22 bits per heavy atom. The molecule has 0 aliphatic rings. The summed E-state index contributed by atoms with van der Waals surface area (Å²) in [5, 5.41) is 17.6. The summed E-state index contributed by atoms with van der Waals surface area (Å²) in [6.07, 6.45) is 0.307. The Bertz CT molecular complexity index is 646. The summed E-state index contributed by atoms with van der Waals surface area (Å²) in [6.45, 7) is 0.0642. The molecule has 0 spiro atoms. The van der Waals surface area contributed by atoms with E-state index in [4.69, 9.17) is 32.6 Å². The SMILES string of the molecule is N#CCCN(CCC#N)C(=O)COc1cc(Cl)ccc1C(N)=O. The van der Waals surface area contributed by atoms with Gasteiger partial charge in [-0.1, -0.05) is 11.6 Å². The first-order chi connectivity index (χ1) is 11.0. The van der Waals surface area contributed by atoms with Crippen LogP contribution in [0.15, 0.2) is 18.2 Å². The molecule has 2 N–H and O–H groups in total. The second-order valence-electron chi connectivity index (χ2n) is 4.49. The first kappa shape index (κ1) is 18.3. The third kappa shape index (κ3) is 5.85. The Kier molecular flexibility index (Phi) is 7.38. The monoisotopic (exact) mass is 334 g/mol. The van der Waals surface area contributed by atoms with E-state index in [-0.39, 0.29) is 43.9 Å². The minimum atomic E-state index is -0.699. The average molecular weight is 335 g/mol. The van der Waals surface area contributed by atoms with Gasteiger partial charge in [-0.25, -0.2) is 0 Å². The summed E-state index contributed by atoms with van der Waals surface area (Å²) in [7, 11) is 0. The van der Waals surface area contributed by atoms with Gasteiger partial charge in [0.25, 0.3) is 11.8 Å². The summed E-state index contributed by atoms with van der Waals surface area (Å²) in [5.74, 6) is -0.986. The zero-order valence-corrected chi connectivity index (χ0v) is 13.0. The van der Waals surface area contributed by atoms with E-state index in [1.807, 2.05) is 12.1 Å². The molecule has 1 rings (SSSR count). The largest absolute Gasteiger partial charge is 0.483 e. The van der Waals surface area contributed by atoms with Crippen LogP contribution in [0, 0.1) is 22.7 Å². The predicted molar refractivity (Wildman–Crippen MR) is 82.5 cm³/mol. The number of ether oxygens (including phenoxy) is 1. The number of benzene rings is 1. The molecule has 1 aromatic rings. The second-order valence-corrected chi connectivity index (χ2v) is 4.93. The molecule has 120 valence electrons. The molecule has 0 bridgehead atoms. The lowest BCUT2D eigenvalue weighted by Crippen LogP contribution is -2.36. The first-order valence-electron chi connectivity index (χ1n) is 6.73. The van der Waals surface area contributed by atoms with Gasteiger partial charge in [-0.2, -0.15) is 10.5 Å². The standard InChI is InChI=1S/C15H15ClN4O3/c16-11-3-4-12(15(19)22)13(9-11)23-10-14(21)20(7-1-5-17)8-2-6-18/h3-4,9H,1-2,7-8,10H2,(H2,19,22). The minimum absolute atomic E-state index is 0.110. The summed E-state index contributed by atoms with van der Waals surface area (Å²) in [4.78, 5) is 24.8. The Morgan fingerprint density at radius 3 is 2.35 bits per heavy atom. The fourth-order valence-electron chi connectivity index (χ4n) is 1.78. The number of carbonyl (C=O) groups excluding carboxylic acids is 2. The molecular weight excluding hydrogens is 320 g/mol. The topological polar surface area (TPSA) is 120 Å². The maximum Gasteiger partial charge on any atom is 0.260 e. The minimum Gasteiger partial charge on any atom is -0.483 e. The molecule has 0 aromatic heterocycles. The number of rotatable bonds is 8. The van der Waals surface area contributed by atoms with Crippen molar-refractivity contribution in [3.05, 3.63) is 28.8 Å². The average Bonchev–Trinajstić information content (AvgIpc) is 2.52. The molecule has 0 heterocycles. The maximum atomic E-state index is 12.1. The summed E-state index contributed by atoms with van der Waals surface area (Å²) in [6, 6.07) is 8.17. The number of halogens is 1. The second kappa shape index (κ2) is 9.29. The van der Waals surface area contributed by atoms with E-state index < -0.39 is 11.8 Å². The van der Waals surface area contributed by atoms with Crippen molar-refractivity contribution in [2.45, 2.75) is 12.8 Å². The Morgan fingerprint density at radius 2 is 1.83 bits per heavy atom. The van der Waals surface area contributed by atoms with Gasteiger partial charge in [0, 0.05) is 18.1 Å². The Labute approximate surface area is 138 Å². The van der Waals surface area contributed by atoms with E-state index in [9.17, 15) is 9.59 Å². The van der Waals surface area contributed by atoms with Crippen LogP contribution in [0.3, 0.4) is 0 Å².